The fourth-order valence-electron chi connectivity index (χ4n) is 2.24. The Morgan fingerprint density at radius 1 is 1.08 bits per heavy atom. The number of anilines is 2. The smallest absolute Gasteiger partial charge is 0.226 e. The first-order valence-corrected chi connectivity index (χ1v) is 8.33. The van der Waals surface area contributed by atoms with Crippen LogP contribution in [0.15, 0.2) is 42.5 Å². The second kappa shape index (κ2) is 8.74. The summed E-state index contributed by atoms with van der Waals surface area (Å²) in [4.78, 5) is 25.5. The van der Waals surface area contributed by atoms with E-state index in [1.165, 1.54) is 11.8 Å². The van der Waals surface area contributed by atoms with Crippen molar-refractivity contribution in [1.82, 2.24) is 0 Å². The van der Waals surface area contributed by atoms with E-state index in [-0.39, 0.29) is 24.8 Å². The van der Waals surface area contributed by atoms with Crippen LogP contribution in [-0.4, -0.2) is 25.5 Å². The molecule has 0 bridgehead atoms. The summed E-state index contributed by atoms with van der Waals surface area (Å²) in [6.45, 7) is 1.72. The zero-order valence-electron chi connectivity index (χ0n) is 13.9. The number of nitrogens with zero attached hydrogens (tertiary/aromatic N) is 1. The van der Waals surface area contributed by atoms with Crippen molar-refractivity contribution in [1.29, 1.82) is 0 Å². The van der Waals surface area contributed by atoms with Crippen LogP contribution in [0.2, 0.25) is 10.0 Å². The molecule has 2 amide bonds. The lowest BCUT2D eigenvalue weighted by atomic mass is 10.2. The maximum Gasteiger partial charge on any atom is 0.226 e. The molecule has 0 aliphatic heterocycles. The summed E-state index contributed by atoms with van der Waals surface area (Å²) in [5.74, 6) is 0.329. The molecule has 0 aliphatic rings. The lowest BCUT2D eigenvalue weighted by molar-refractivity contribution is -0.117. The van der Waals surface area contributed by atoms with Gasteiger partial charge in [0.2, 0.25) is 11.8 Å². The Morgan fingerprint density at radius 2 is 1.76 bits per heavy atom. The number of nitrogens with one attached hydrogen (secondary N) is 1. The van der Waals surface area contributed by atoms with Gasteiger partial charge in [-0.3, -0.25) is 9.59 Å². The Morgan fingerprint density at radius 3 is 2.32 bits per heavy atom. The second-order valence-electron chi connectivity index (χ2n) is 5.30. The molecule has 0 fully saturated rings. The largest absolute Gasteiger partial charge is 0.497 e. The summed E-state index contributed by atoms with van der Waals surface area (Å²) in [5, 5.41) is 3.52. The molecule has 2 rings (SSSR count). The highest BCUT2D eigenvalue weighted by Crippen LogP contribution is 2.25. The monoisotopic (exact) mass is 380 g/mol. The SMILES string of the molecule is COc1ccc(N(CCC(=O)Nc2ccc(Cl)c(Cl)c2)C(C)=O)cc1. The molecule has 1 N–H and O–H groups in total. The Labute approximate surface area is 156 Å². The maximum absolute atomic E-state index is 12.1. The van der Waals surface area contributed by atoms with Crippen LogP contribution < -0.4 is 15.0 Å². The first kappa shape index (κ1) is 19.1. The highest BCUT2D eigenvalue weighted by atomic mass is 35.5. The number of carbonyl (C=O) groups excluding carboxylic acids is 2. The molecule has 0 atom stereocenters. The third-order valence-corrected chi connectivity index (χ3v) is 4.27. The van der Waals surface area contributed by atoms with Gasteiger partial charge in [0.1, 0.15) is 5.75 Å². The van der Waals surface area contributed by atoms with E-state index in [0.717, 1.165) is 0 Å². The molecule has 0 heterocycles. The summed E-state index contributed by atoms with van der Waals surface area (Å²) >= 11 is 11.8. The minimum Gasteiger partial charge on any atom is -0.497 e. The second-order valence-corrected chi connectivity index (χ2v) is 6.11. The summed E-state index contributed by atoms with van der Waals surface area (Å²) in [6, 6.07) is 11.9. The van der Waals surface area contributed by atoms with Crippen LogP contribution in [0.25, 0.3) is 0 Å². The van der Waals surface area contributed by atoms with Crippen molar-refractivity contribution in [3.63, 3.8) is 0 Å². The molecule has 0 aromatic heterocycles. The molecule has 5 nitrogen and oxygen atoms in total. The topological polar surface area (TPSA) is 58.6 Å². The number of halogens is 2. The standard InChI is InChI=1S/C18H18Cl2N2O3/c1-12(23)22(14-4-6-15(25-2)7-5-14)10-9-18(24)21-13-3-8-16(19)17(20)11-13/h3-8,11H,9-10H2,1-2H3,(H,21,24). The maximum atomic E-state index is 12.1. The zero-order valence-corrected chi connectivity index (χ0v) is 15.4. The van der Waals surface area contributed by atoms with Gasteiger partial charge in [0.05, 0.1) is 17.2 Å². The summed E-state index contributed by atoms with van der Waals surface area (Å²) < 4.78 is 5.10. The molecular formula is C18H18Cl2N2O3. The molecule has 0 unspecified atom stereocenters. The normalized spacial score (nSPS) is 10.2. The number of methoxy groups -OCH3 is 1. The van der Waals surface area contributed by atoms with E-state index in [0.29, 0.717) is 27.2 Å². The Kier molecular flexibility index (Phi) is 6.67. The van der Waals surface area contributed by atoms with E-state index >= 15 is 0 Å². The number of hydrogen-bond donors (Lipinski definition) is 1. The minimum atomic E-state index is -0.224. The molecule has 0 aliphatic carbocycles. The number of amides is 2. The number of ether oxygens (including phenoxy) is 1. The van der Waals surface area contributed by atoms with Crippen molar-refractivity contribution < 1.29 is 14.3 Å². The Balaban J connectivity index is 1.98. The van der Waals surface area contributed by atoms with Gasteiger partial charge < -0.3 is 15.0 Å². The predicted molar refractivity (Wildman–Crippen MR) is 101 cm³/mol. The van der Waals surface area contributed by atoms with Gasteiger partial charge in [-0.2, -0.15) is 0 Å². The van der Waals surface area contributed by atoms with E-state index < -0.39 is 0 Å². The fourth-order valence-corrected chi connectivity index (χ4v) is 2.54. The first-order valence-electron chi connectivity index (χ1n) is 7.57. The lowest BCUT2D eigenvalue weighted by Gasteiger charge is -2.21. The molecular weight excluding hydrogens is 363 g/mol. The van der Waals surface area contributed by atoms with E-state index in [1.807, 2.05) is 0 Å². The van der Waals surface area contributed by atoms with Crippen LogP contribution in [0.4, 0.5) is 11.4 Å². The van der Waals surface area contributed by atoms with Crippen LogP contribution in [0, 0.1) is 0 Å². The van der Waals surface area contributed by atoms with Crippen molar-refractivity contribution in [2.24, 2.45) is 0 Å². The molecule has 0 saturated heterocycles. The van der Waals surface area contributed by atoms with Gasteiger partial charge in [0.25, 0.3) is 0 Å². The third-order valence-electron chi connectivity index (χ3n) is 3.53. The fraction of sp³-hybridized carbons (Fsp3) is 0.222. The number of rotatable bonds is 6. The van der Waals surface area contributed by atoms with Gasteiger partial charge in [0.15, 0.2) is 0 Å². The minimum absolute atomic E-state index is 0.145. The van der Waals surface area contributed by atoms with Crippen molar-refractivity contribution in [3.8, 4) is 5.75 Å². The third kappa shape index (κ3) is 5.37. The summed E-state index contributed by atoms with van der Waals surface area (Å²) in [5.41, 5.74) is 1.26. The molecule has 2 aromatic carbocycles. The average molecular weight is 381 g/mol. The van der Waals surface area contributed by atoms with Gasteiger partial charge in [-0.15, -0.1) is 0 Å². The lowest BCUT2D eigenvalue weighted by Crippen LogP contribution is -2.31. The van der Waals surface area contributed by atoms with Crippen LogP contribution in [-0.2, 0) is 9.59 Å². The van der Waals surface area contributed by atoms with E-state index in [4.69, 9.17) is 27.9 Å². The van der Waals surface area contributed by atoms with Crippen molar-refractivity contribution in [2.45, 2.75) is 13.3 Å². The number of hydrogen-bond acceptors (Lipinski definition) is 3. The molecule has 132 valence electrons. The first-order chi connectivity index (χ1) is 11.9. The van der Waals surface area contributed by atoms with Gasteiger partial charge >= 0.3 is 0 Å². The molecule has 2 aromatic rings. The Bertz CT molecular complexity index is 763. The highest BCUT2D eigenvalue weighted by molar-refractivity contribution is 6.42. The highest BCUT2D eigenvalue weighted by Gasteiger charge is 2.14. The summed E-state index contributed by atoms with van der Waals surface area (Å²) in [7, 11) is 1.57. The van der Waals surface area contributed by atoms with E-state index in [1.54, 1.807) is 49.6 Å². The Hall–Kier alpha value is -2.24. The average Bonchev–Trinajstić information content (AvgIpc) is 2.58. The van der Waals surface area contributed by atoms with Crippen LogP contribution >= 0.6 is 23.2 Å². The van der Waals surface area contributed by atoms with Crippen molar-refractivity contribution >= 4 is 46.4 Å². The van der Waals surface area contributed by atoms with Gasteiger partial charge in [-0.1, -0.05) is 23.2 Å². The quantitative estimate of drug-likeness (QED) is 0.808. The van der Waals surface area contributed by atoms with Crippen LogP contribution in [0.1, 0.15) is 13.3 Å². The molecule has 25 heavy (non-hydrogen) atoms. The van der Waals surface area contributed by atoms with Crippen LogP contribution in [0.3, 0.4) is 0 Å². The van der Waals surface area contributed by atoms with E-state index in [2.05, 4.69) is 5.32 Å². The van der Waals surface area contributed by atoms with Crippen LogP contribution in [0.5, 0.6) is 5.75 Å². The predicted octanol–water partition coefficient (Wildman–Crippen LogP) is 4.38. The van der Waals surface area contributed by atoms with Crippen molar-refractivity contribution in [2.75, 3.05) is 23.9 Å². The molecule has 0 saturated carbocycles. The summed E-state index contributed by atoms with van der Waals surface area (Å²) in [6.07, 6.45) is 0.145. The van der Waals surface area contributed by atoms with Gasteiger partial charge in [0, 0.05) is 31.3 Å². The van der Waals surface area contributed by atoms with Gasteiger partial charge in [-0.25, -0.2) is 0 Å². The number of carbonyl (C=O) groups is 2. The zero-order chi connectivity index (χ0) is 18.4. The van der Waals surface area contributed by atoms with E-state index in [9.17, 15) is 9.59 Å². The molecule has 0 spiro atoms. The van der Waals surface area contributed by atoms with Crippen molar-refractivity contribution in [3.05, 3.63) is 52.5 Å². The number of benzene rings is 2. The van der Waals surface area contributed by atoms with Gasteiger partial charge in [-0.05, 0) is 42.5 Å². The molecule has 7 heteroatoms. The molecule has 0 radical (unpaired) electrons.